The molecule has 3 aromatic rings. The third-order valence-corrected chi connectivity index (χ3v) is 6.36. The molecule has 0 bridgehead atoms. The van der Waals surface area contributed by atoms with Crippen molar-refractivity contribution in [2.75, 3.05) is 0 Å². The minimum atomic E-state index is -3.70. The van der Waals surface area contributed by atoms with Gasteiger partial charge in [-0.05, 0) is 26.8 Å². The fourth-order valence-electron chi connectivity index (χ4n) is 2.37. The van der Waals surface area contributed by atoms with E-state index in [1.165, 1.54) is 17.7 Å². The molecule has 0 aliphatic heterocycles. The molecule has 0 aliphatic rings. The first-order valence-corrected chi connectivity index (χ1v) is 9.48. The van der Waals surface area contributed by atoms with E-state index in [-0.39, 0.29) is 4.90 Å². The lowest BCUT2D eigenvalue weighted by Crippen LogP contribution is -2.28. The molecule has 0 fully saturated rings. The number of nitrogens with one attached hydrogen (secondary N) is 1. The van der Waals surface area contributed by atoms with Gasteiger partial charge in [0, 0.05) is 18.0 Å². The van der Waals surface area contributed by atoms with Gasteiger partial charge in [-0.1, -0.05) is 5.16 Å². The van der Waals surface area contributed by atoms with Crippen molar-refractivity contribution in [3.8, 4) is 10.6 Å². The molecule has 10 heteroatoms. The highest BCUT2D eigenvalue weighted by Crippen LogP contribution is 2.34. The number of rotatable bonds is 5. The van der Waals surface area contributed by atoms with E-state index in [1.807, 2.05) is 6.92 Å². The van der Waals surface area contributed by atoms with Gasteiger partial charge in [0.05, 0.1) is 21.5 Å². The lowest BCUT2D eigenvalue weighted by molar-refractivity contribution is 0.428. The Labute approximate surface area is 143 Å². The van der Waals surface area contributed by atoms with Gasteiger partial charge < -0.3 is 9.09 Å². The van der Waals surface area contributed by atoms with Crippen LogP contribution in [0.2, 0.25) is 0 Å². The minimum absolute atomic E-state index is 0.227. The van der Waals surface area contributed by atoms with Crippen molar-refractivity contribution in [2.45, 2.75) is 31.7 Å². The zero-order valence-corrected chi connectivity index (χ0v) is 15.3. The molecule has 3 rings (SSSR count). The third-order valence-electron chi connectivity index (χ3n) is 3.50. The number of nitrogens with zero attached hydrogens (tertiary/aromatic N) is 4. The summed E-state index contributed by atoms with van der Waals surface area (Å²) in [4.78, 5) is 1.63. The second-order valence-corrected chi connectivity index (χ2v) is 8.45. The molecule has 1 unspecified atom stereocenters. The fraction of sp³-hybridized carbons (Fsp3) is 0.357. The third kappa shape index (κ3) is 3.12. The topological polar surface area (TPSA) is 103 Å². The van der Waals surface area contributed by atoms with Crippen molar-refractivity contribution in [2.24, 2.45) is 7.05 Å². The molecule has 0 radical (unpaired) electrons. The molecule has 8 nitrogen and oxygen atoms in total. The van der Waals surface area contributed by atoms with Crippen molar-refractivity contribution >= 4 is 21.4 Å². The molecule has 1 atom stereocenters. The standard InChI is InChI=1S/C14H17N5O3S2/c1-8-5-11(22-17-8)12-6-13(10(3)23-12)24(20,21)18-9(2)14-16-15-7-19(14)4/h5-7,9,18H,1-4H3. The van der Waals surface area contributed by atoms with E-state index in [2.05, 4.69) is 20.1 Å². The number of hydrogen-bond acceptors (Lipinski definition) is 7. The van der Waals surface area contributed by atoms with Crippen LogP contribution in [0.3, 0.4) is 0 Å². The Morgan fingerprint density at radius 3 is 2.67 bits per heavy atom. The Morgan fingerprint density at radius 2 is 2.08 bits per heavy atom. The van der Waals surface area contributed by atoms with Gasteiger partial charge in [0.15, 0.2) is 5.76 Å². The normalized spacial score (nSPS) is 13.3. The van der Waals surface area contributed by atoms with E-state index < -0.39 is 16.1 Å². The average molecular weight is 367 g/mol. The van der Waals surface area contributed by atoms with Gasteiger partial charge in [-0.3, -0.25) is 0 Å². The van der Waals surface area contributed by atoms with Crippen LogP contribution >= 0.6 is 11.3 Å². The maximum Gasteiger partial charge on any atom is 0.242 e. The first-order chi connectivity index (χ1) is 11.3. The van der Waals surface area contributed by atoms with Crippen LogP contribution in [-0.2, 0) is 17.1 Å². The Bertz CT molecular complexity index is 970. The van der Waals surface area contributed by atoms with Crippen LogP contribution in [0.5, 0.6) is 0 Å². The van der Waals surface area contributed by atoms with Gasteiger partial charge in [0.25, 0.3) is 0 Å². The summed E-state index contributed by atoms with van der Waals surface area (Å²) in [5, 5.41) is 11.5. The number of sulfonamides is 1. The Kier molecular flexibility index (Phi) is 4.28. The molecule has 3 aromatic heterocycles. The lowest BCUT2D eigenvalue weighted by atomic mass is 10.3. The molecule has 0 amide bonds. The van der Waals surface area contributed by atoms with Gasteiger partial charge in [0.1, 0.15) is 12.2 Å². The summed E-state index contributed by atoms with van der Waals surface area (Å²) in [7, 11) is -1.93. The number of thiophene rings is 1. The van der Waals surface area contributed by atoms with Gasteiger partial charge >= 0.3 is 0 Å². The highest BCUT2D eigenvalue weighted by Gasteiger charge is 2.25. The first kappa shape index (κ1) is 16.8. The van der Waals surface area contributed by atoms with E-state index >= 15 is 0 Å². The minimum Gasteiger partial charge on any atom is -0.355 e. The van der Waals surface area contributed by atoms with Crippen LogP contribution in [0.15, 0.2) is 27.9 Å². The second kappa shape index (κ2) is 6.11. The Hall–Kier alpha value is -2.04. The van der Waals surface area contributed by atoms with Crippen molar-refractivity contribution in [1.82, 2.24) is 24.6 Å². The monoisotopic (exact) mass is 367 g/mol. The van der Waals surface area contributed by atoms with E-state index in [9.17, 15) is 8.42 Å². The maximum absolute atomic E-state index is 12.7. The average Bonchev–Trinajstić information content (AvgIpc) is 3.18. The van der Waals surface area contributed by atoms with Crippen LogP contribution in [-0.4, -0.2) is 28.3 Å². The zero-order chi connectivity index (χ0) is 17.5. The molecule has 24 heavy (non-hydrogen) atoms. The van der Waals surface area contributed by atoms with Crippen LogP contribution < -0.4 is 4.72 Å². The van der Waals surface area contributed by atoms with Gasteiger partial charge in [-0.2, -0.15) is 0 Å². The summed E-state index contributed by atoms with van der Waals surface area (Å²) >= 11 is 1.35. The summed E-state index contributed by atoms with van der Waals surface area (Å²) in [5.41, 5.74) is 0.745. The molecule has 0 spiro atoms. The van der Waals surface area contributed by atoms with Crippen molar-refractivity contribution in [1.29, 1.82) is 0 Å². The van der Waals surface area contributed by atoms with Crippen molar-refractivity contribution in [3.05, 3.63) is 34.9 Å². The predicted octanol–water partition coefficient (Wildman–Crippen LogP) is 2.19. The van der Waals surface area contributed by atoms with E-state index in [1.54, 1.807) is 37.6 Å². The maximum atomic E-state index is 12.7. The van der Waals surface area contributed by atoms with Crippen LogP contribution in [0.4, 0.5) is 0 Å². The highest BCUT2D eigenvalue weighted by molar-refractivity contribution is 7.89. The van der Waals surface area contributed by atoms with Crippen LogP contribution in [0.1, 0.15) is 29.4 Å². The molecule has 0 aromatic carbocycles. The number of hydrogen-bond donors (Lipinski definition) is 1. The van der Waals surface area contributed by atoms with Crippen molar-refractivity contribution < 1.29 is 12.9 Å². The molecule has 0 aliphatic carbocycles. The smallest absolute Gasteiger partial charge is 0.242 e. The predicted molar refractivity (Wildman–Crippen MR) is 89.0 cm³/mol. The fourth-order valence-corrected chi connectivity index (χ4v) is 5.11. The van der Waals surface area contributed by atoms with Gasteiger partial charge in [0.2, 0.25) is 10.0 Å². The van der Waals surface area contributed by atoms with E-state index in [4.69, 9.17) is 4.52 Å². The summed E-state index contributed by atoms with van der Waals surface area (Å²) in [6, 6.07) is 2.88. The Morgan fingerprint density at radius 1 is 1.33 bits per heavy atom. The SMILES string of the molecule is Cc1cc(-c2cc(S(=O)(=O)NC(C)c3nncn3C)c(C)s2)on1. The lowest BCUT2D eigenvalue weighted by Gasteiger charge is -2.13. The van der Waals surface area contributed by atoms with Crippen molar-refractivity contribution in [3.63, 3.8) is 0 Å². The number of aromatic nitrogens is 4. The van der Waals surface area contributed by atoms with E-state index in [0.29, 0.717) is 16.5 Å². The molecular weight excluding hydrogens is 350 g/mol. The quantitative estimate of drug-likeness (QED) is 0.741. The molecular formula is C14H17N5O3S2. The van der Waals surface area contributed by atoms with E-state index in [0.717, 1.165) is 10.6 Å². The van der Waals surface area contributed by atoms with Crippen LogP contribution in [0.25, 0.3) is 10.6 Å². The molecule has 128 valence electrons. The summed E-state index contributed by atoms with van der Waals surface area (Å²) in [6.07, 6.45) is 1.53. The molecule has 1 N–H and O–H groups in total. The highest BCUT2D eigenvalue weighted by atomic mass is 32.2. The zero-order valence-electron chi connectivity index (χ0n) is 13.6. The largest absolute Gasteiger partial charge is 0.355 e. The van der Waals surface area contributed by atoms with Crippen LogP contribution in [0, 0.1) is 13.8 Å². The van der Waals surface area contributed by atoms with Gasteiger partial charge in [-0.25, -0.2) is 13.1 Å². The summed E-state index contributed by atoms with van der Waals surface area (Å²) in [5.74, 6) is 1.10. The molecule has 3 heterocycles. The summed E-state index contributed by atoms with van der Waals surface area (Å²) in [6.45, 7) is 5.30. The first-order valence-electron chi connectivity index (χ1n) is 7.18. The Balaban J connectivity index is 1.90. The van der Waals surface area contributed by atoms with Gasteiger partial charge in [-0.15, -0.1) is 21.5 Å². The number of aryl methyl sites for hydroxylation is 3. The molecule has 0 saturated heterocycles. The summed E-state index contributed by atoms with van der Waals surface area (Å²) < 4.78 is 34.9. The second-order valence-electron chi connectivity index (χ2n) is 5.51. The molecule has 0 saturated carbocycles.